The Balaban J connectivity index is 1.71. The van der Waals surface area contributed by atoms with Gasteiger partial charge in [0.15, 0.2) is 11.5 Å². The summed E-state index contributed by atoms with van der Waals surface area (Å²) in [4.78, 5) is 17.4. The van der Waals surface area contributed by atoms with Crippen LogP contribution in [0.25, 0.3) is 22.4 Å². The highest BCUT2D eigenvalue weighted by Gasteiger charge is 2.27. The van der Waals surface area contributed by atoms with Gasteiger partial charge in [-0.1, -0.05) is 19.1 Å². The van der Waals surface area contributed by atoms with Crippen molar-refractivity contribution in [3.8, 4) is 22.8 Å². The molecule has 0 fully saturated rings. The molecule has 0 spiro atoms. The van der Waals surface area contributed by atoms with Crippen molar-refractivity contribution in [3.63, 3.8) is 0 Å². The number of ether oxygens (including phenoxy) is 2. The van der Waals surface area contributed by atoms with Gasteiger partial charge in [0.25, 0.3) is 5.91 Å². The van der Waals surface area contributed by atoms with Crippen molar-refractivity contribution in [1.29, 1.82) is 0 Å². The number of fused-ring (bicyclic) bond motifs is 1. The van der Waals surface area contributed by atoms with Gasteiger partial charge in [0, 0.05) is 25.6 Å². The number of aromatic nitrogens is 1. The summed E-state index contributed by atoms with van der Waals surface area (Å²) in [5.41, 5.74) is 1.44. The molecule has 0 radical (unpaired) electrons. The highest BCUT2D eigenvalue weighted by molar-refractivity contribution is 7.92. The van der Waals surface area contributed by atoms with E-state index in [1.165, 1.54) is 35.6 Å². The Labute approximate surface area is 226 Å². The van der Waals surface area contributed by atoms with Crippen LogP contribution in [0.5, 0.6) is 11.5 Å². The average Bonchev–Trinajstić information content (AvgIpc) is 3.30. The summed E-state index contributed by atoms with van der Waals surface area (Å²) in [6.07, 6.45) is 1.93. The molecule has 0 saturated carbocycles. The van der Waals surface area contributed by atoms with Crippen LogP contribution in [0.3, 0.4) is 0 Å². The van der Waals surface area contributed by atoms with E-state index < -0.39 is 21.7 Å². The molecule has 0 atom stereocenters. The standard InChI is InChI=1S/C28H30FN3O6S/c1-5-18-17-21-24(27(33)30-2)25(19-11-13-20(29)14-12-19)38-28(21)31-26(18)32(39(4,34)35)15-8-16-37-23-10-7-6-9-22(23)36-3/h6-7,9-14,17H,5,8,15-16H2,1-4H3,(H,30,33). The van der Waals surface area contributed by atoms with E-state index in [-0.39, 0.29) is 36.0 Å². The van der Waals surface area contributed by atoms with Crippen LogP contribution in [0, 0.1) is 5.82 Å². The maximum Gasteiger partial charge on any atom is 0.255 e. The summed E-state index contributed by atoms with van der Waals surface area (Å²) in [7, 11) is -0.685. The molecule has 4 rings (SSSR count). The summed E-state index contributed by atoms with van der Waals surface area (Å²) >= 11 is 0. The van der Waals surface area contributed by atoms with Crippen LogP contribution >= 0.6 is 0 Å². The maximum absolute atomic E-state index is 13.5. The lowest BCUT2D eigenvalue weighted by atomic mass is 10.0. The number of anilines is 1. The molecular formula is C28H30FN3O6S. The molecule has 0 aliphatic heterocycles. The number of nitrogens with zero attached hydrogens (tertiary/aromatic N) is 2. The quantitative estimate of drug-likeness (QED) is 0.265. The van der Waals surface area contributed by atoms with E-state index >= 15 is 0 Å². The Morgan fingerprint density at radius 2 is 1.82 bits per heavy atom. The number of para-hydroxylation sites is 2. The highest BCUT2D eigenvalue weighted by atomic mass is 32.2. The smallest absolute Gasteiger partial charge is 0.255 e. The average molecular weight is 556 g/mol. The van der Waals surface area contributed by atoms with E-state index in [1.54, 1.807) is 25.3 Å². The van der Waals surface area contributed by atoms with Gasteiger partial charge in [-0.05, 0) is 54.4 Å². The van der Waals surface area contributed by atoms with Crippen molar-refractivity contribution in [2.45, 2.75) is 19.8 Å². The van der Waals surface area contributed by atoms with Crippen molar-refractivity contribution < 1.29 is 31.5 Å². The van der Waals surface area contributed by atoms with Gasteiger partial charge in [-0.15, -0.1) is 0 Å². The second-order valence-corrected chi connectivity index (χ2v) is 10.7. The zero-order chi connectivity index (χ0) is 28.2. The van der Waals surface area contributed by atoms with E-state index in [2.05, 4.69) is 10.3 Å². The monoisotopic (exact) mass is 555 g/mol. The lowest BCUT2D eigenvalue weighted by Crippen LogP contribution is -2.33. The molecule has 4 aromatic rings. The molecule has 9 nitrogen and oxygen atoms in total. The van der Waals surface area contributed by atoms with E-state index in [9.17, 15) is 17.6 Å². The lowest BCUT2D eigenvalue weighted by molar-refractivity contribution is 0.0964. The molecule has 2 aromatic carbocycles. The molecule has 0 aliphatic carbocycles. The van der Waals surface area contributed by atoms with Gasteiger partial charge in [-0.2, -0.15) is 4.98 Å². The number of hydrogen-bond acceptors (Lipinski definition) is 7. The molecule has 0 unspecified atom stereocenters. The fourth-order valence-electron chi connectivity index (χ4n) is 4.24. The number of amides is 1. The van der Waals surface area contributed by atoms with Gasteiger partial charge in [0.2, 0.25) is 15.7 Å². The fraction of sp³-hybridized carbons (Fsp3) is 0.286. The third-order valence-electron chi connectivity index (χ3n) is 6.15. The van der Waals surface area contributed by atoms with Crippen molar-refractivity contribution in [1.82, 2.24) is 10.3 Å². The molecule has 1 amide bonds. The van der Waals surface area contributed by atoms with Gasteiger partial charge in [0.05, 0.1) is 30.9 Å². The number of benzene rings is 2. The van der Waals surface area contributed by atoms with Crippen molar-refractivity contribution in [3.05, 3.63) is 71.5 Å². The highest BCUT2D eigenvalue weighted by Crippen LogP contribution is 2.36. The van der Waals surface area contributed by atoms with Gasteiger partial charge < -0.3 is 19.2 Å². The summed E-state index contributed by atoms with van der Waals surface area (Å²) in [6, 6.07) is 14.5. The minimum Gasteiger partial charge on any atom is -0.493 e. The number of rotatable bonds is 11. The fourth-order valence-corrected chi connectivity index (χ4v) is 5.18. The molecular weight excluding hydrogens is 525 g/mol. The number of carbonyl (C=O) groups excluding carboxylic acids is 1. The molecule has 1 N–H and O–H groups in total. The van der Waals surface area contributed by atoms with Crippen LogP contribution in [-0.4, -0.2) is 52.9 Å². The number of furan rings is 1. The van der Waals surface area contributed by atoms with Crippen LogP contribution in [-0.2, 0) is 16.4 Å². The Bertz CT molecular complexity index is 1590. The first-order valence-electron chi connectivity index (χ1n) is 12.4. The predicted octanol–water partition coefficient (Wildman–Crippen LogP) is 4.80. The minimum atomic E-state index is -3.73. The largest absolute Gasteiger partial charge is 0.493 e. The molecule has 39 heavy (non-hydrogen) atoms. The normalized spacial score (nSPS) is 11.4. The first-order chi connectivity index (χ1) is 18.7. The summed E-state index contributed by atoms with van der Waals surface area (Å²) in [5, 5.41) is 3.04. The van der Waals surface area contributed by atoms with Crippen LogP contribution in [0.15, 0.2) is 59.0 Å². The van der Waals surface area contributed by atoms with E-state index in [1.807, 2.05) is 19.1 Å². The first-order valence-corrected chi connectivity index (χ1v) is 14.2. The van der Waals surface area contributed by atoms with Crippen LogP contribution in [0.2, 0.25) is 0 Å². The number of halogens is 1. The molecule has 0 aliphatic rings. The number of methoxy groups -OCH3 is 1. The van der Waals surface area contributed by atoms with E-state index in [0.29, 0.717) is 40.9 Å². The van der Waals surface area contributed by atoms with E-state index in [4.69, 9.17) is 13.9 Å². The Hall–Kier alpha value is -4.12. The van der Waals surface area contributed by atoms with Gasteiger partial charge in [-0.25, -0.2) is 12.8 Å². The van der Waals surface area contributed by atoms with Gasteiger partial charge in [-0.3, -0.25) is 9.10 Å². The van der Waals surface area contributed by atoms with Crippen LogP contribution < -0.4 is 19.1 Å². The lowest BCUT2D eigenvalue weighted by Gasteiger charge is -2.23. The summed E-state index contributed by atoms with van der Waals surface area (Å²) < 4.78 is 57.6. The maximum atomic E-state index is 13.5. The molecule has 0 saturated heterocycles. The van der Waals surface area contributed by atoms with Gasteiger partial charge in [0.1, 0.15) is 17.4 Å². The number of nitrogens with one attached hydrogen (secondary N) is 1. The Morgan fingerprint density at radius 1 is 1.13 bits per heavy atom. The SMILES string of the molecule is CCc1cc2c(C(=O)NC)c(-c3ccc(F)cc3)oc2nc1N(CCCOc1ccccc1OC)S(C)(=O)=O. The van der Waals surface area contributed by atoms with Crippen molar-refractivity contribution >= 4 is 32.8 Å². The van der Waals surface area contributed by atoms with Crippen LogP contribution in [0.4, 0.5) is 10.2 Å². The zero-order valence-electron chi connectivity index (χ0n) is 22.2. The number of sulfonamides is 1. The Kier molecular flexibility index (Phi) is 8.39. The number of aryl methyl sites for hydroxylation is 1. The number of carbonyl (C=O) groups is 1. The zero-order valence-corrected chi connectivity index (χ0v) is 23.0. The number of hydrogen-bond donors (Lipinski definition) is 1. The molecule has 2 aromatic heterocycles. The molecule has 2 heterocycles. The predicted molar refractivity (Wildman–Crippen MR) is 147 cm³/mol. The van der Waals surface area contributed by atoms with E-state index in [0.717, 1.165) is 6.26 Å². The second-order valence-electron chi connectivity index (χ2n) is 8.76. The van der Waals surface area contributed by atoms with Crippen LogP contribution in [0.1, 0.15) is 29.3 Å². The third kappa shape index (κ3) is 5.98. The molecule has 0 bridgehead atoms. The molecule has 206 valence electrons. The third-order valence-corrected chi connectivity index (χ3v) is 7.31. The summed E-state index contributed by atoms with van der Waals surface area (Å²) in [5.74, 6) is 0.742. The Morgan fingerprint density at radius 3 is 2.44 bits per heavy atom. The first kappa shape index (κ1) is 27.9. The minimum absolute atomic E-state index is 0.0963. The topological polar surface area (TPSA) is 111 Å². The summed E-state index contributed by atoms with van der Waals surface area (Å²) in [6.45, 7) is 2.22. The van der Waals surface area contributed by atoms with Crippen molar-refractivity contribution in [2.75, 3.05) is 37.9 Å². The van der Waals surface area contributed by atoms with Crippen molar-refractivity contribution in [2.24, 2.45) is 0 Å². The molecule has 11 heteroatoms. The van der Waals surface area contributed by atoms with Gasteiger partial charge >= 0.3 is 0 Å². The second kappa shape index (κ2) is 11.7. The number of pyridine rings is 1.